The molecule has 0 radical (unpaired) electrons. The quantitative estimate of drug-likeness (QED) is 0.496. The zero-order chi connectivity index (χ0) is 23.2. The van der Waals surface area contributed by atoms with Crippen molar-refractivity contribution in [3.8, 4) is 17.2 Å². The van der Waals surface area contributed by atoms with Crippen molar-refractivity contribution in [2.75, 3.05) is 24.3 Å². The van der Waals surface area contributed by atoms with Crippen LogP contribution in [0, 0.1) is 0 Å². The van der Waals surface area contributed by atoms with Crippen molar-refractivity contribution in [3.63, 3.8) is 0 Å². The van der Waals surface area contributed by atoms with Crippen LogP contribution in [0.1, 0.15) is 29.3 Å². The number of ether oxygens (including phenoxy) is 2. The smallest absolute Gasteiger partial charge is 0.338 e. The molecule has 3 aromatic rings. The van der Waals surface area contributed by atoms with Gasteiger partial charge in [0.05, 0.1) is 24.1 Å². The third-order valence-corrected chi connectivity index (χ3v) is 7.42. The molecular weight excluding hydrogens is 468 g/mol. The molecule has 0 bridgehead atoms. The van der Waals surface area contributed by atoms with E-state index in [4.69, 9.17) is 13.9 Å². The molecule has 0 saturated carbocycles. The summed E-state index contributed by atoms with van der Waals surface area (Å²) in [5.41, 5.74) is 1.86. The van der Waals surface area contributed by atoms with Crippen molar-refractivity contribution >= 4 is 38.6 Å². The van der Waals surface area contributed by atoms with Gasteiger partial charge in [0.2, 0.25) is 5.89 Å². The number of esters is 1. The van der Waals surface area contributed by atoms with E-state index in [0.29, 0.717) is 34.5 Å². The number of sulfonamides is 1. The summed E-state index contributed by atoms with van der Waals surface area (Å²) >= 11 is 1.21. The lowest BCUT2D eigenvalue weighted by molar-refractivity contribution is 0.0279. The van der Waals surface area contributed by atoms with E-state index in [1.807, 2.05) is 4.90 Å². The predicted octanol–water partition coefficient (Wildman–Crippen LogP) is 3.27. The Kier molecular flexibility index (Phi) is 5.33. The van der Waals surface area contributed by atoms with E-state index in [2.05, 4.69) is 14.6 Å². The van der Waals surface area contributed by atoms with Crippen LogP contribution in [0.25, 0.3) is 11.5 Å². The number of carbonyl (C=O) groups excluding carboxylic acids is 1. The Morgan fingerprint density at radius 1 is 1.18 bits per heavy atom. The maximum absolute atomic E-state index is 12.7. The maximum atomic E-state index is 12.7. The highest BCUT2D eigenvalue weighted by Crippen LogP contribution is 2.42. The van der Waals surface area contributed by atoms with Crippen LogP contribution in [-0.4, -0.2) is 49.2 Å². The number of hydrogen-bond donors (Lipinski definition) is 0. The van der Waals surface area contributed by atoms with E-state index >= 15 is 0 Å². The Labute approximate surface area is 193 Å². The Morgan fingerprint density at radius 3 is 2.73 bits per heavy atom. The molecule has 0 spiro atoms. The van der Waals surface area contributed by atoms with Gasteiger partial charge >= 0.3 is 5.97 Å². The topological polar surface area (TPSA) is 124 Å². The Hall–Kier alpha value is -3.38. The minimum Gasteiger partial charge on any atom is -0.497 e. The van der Waals surface area contributed by atoms with Gasteiger partial charge in [-0.05, 0) is 61.2 Å². The van der Waals surface area contributed by atoms with Crippen LogP contribution in [0.2, 0.25) is 0 Å². The lowest BCUT2D eigenvalue weighted by Gasteiger charge is -2.22. The van der Waals surface area contributed by atoms with Gasteiger partial charge in [0.15, 0.2) is 11.3 Å². The van der Waals surface area contributed by atoms with Crippen LogP contribution in [0.5, 0.6) is 5.75 Å². The average molecular weight is 487 g/mol. The number of fused-ring (bicyclic) bond motifs is 3. The predicted molar refractivity (Wildman–Crippen MR) is 121 cm³/mol. The van der Waals surface area contributed by atoms with Crippen molar-refractivity contribution in [2.45, 2.75) is 17.9 Å². The second-order valence-electron chi connectivity index (χ2n) is 7.32. The van der Waals surface area contributed by atoms with Gasteiger partial charge in [-0.25, -0.2) is 13.2 Å². The molecule has 0 N–H and O–H groups in total. The number of nitrogens with zero attached hydrogens (tertiary/aromatic N) is 4. The number of rotatable bonds is 5. The molecule has 2 aliphatic heterocycles. The molecule has 0 aliphatic carbocycles. The molecule has 1 aromatic heterocycles. The van der Waals surface area contributed by atoms with Crippen molar-refractivity contribution in [1.82, 2.24) is 10.2 Å². The summed E-state index contributed by atoms with van der Waals surface area (Å²) in [5, 5.41) is 8.41. The molecule has 0 unspecified atom stereocenters. The lowest BCUT2D eigenvalue weighted by Crippen LogP contribution is -2.35. The van der Waals surface area contributed by atoms with Crippen LogP contribution in [0.4, 0.5) is 5.69 Å². The van der Waals surface area contributed by atoms with Crippen molar-refractivity contribution in [1.29, 1.82) is 0 Å². The Bertz CT molecular complexity index is 1370. The van der Waals surface area contributed by atoms with E-state index in [1.165, 1.54) is 11.8 Å². The molecular formula is C21H18N4O6S2. The van der Waals surface area contributed by atoms with E-state index < -0.39 is 22.1 Å². The zero-order valence-corrected chi connectivity index (χ0v) is 19.2. The summed E-state index contributed by atoms with van der Waals surface area (Å²) in [6.07, 6.45) is -0.765. The molecule has 0 amide bonds. The SMILES string of the molecule is COc1ccc(-c2nnc([C@@H](C)OC(=O)c3ccc4c(c3)SC3=NS(=O)(=O)CCN34)o2)cc1. The summed E-state index contributed by atoms with van der Waals surface area (Å²) in [5.74, 6) is 0.575. The van der Waals surface area contributed by atoms with Crippen molar-refractivity contribution < 1.29 is 27.1 Å². The summed E-state index contributed by atoms with van der Waals surface area (Å²) in [6.45, 7) is 1.97. The number of amidine groups is 1. The first-order valence-corrected chi connectivity index (χ1v) is 12.4. The van der Waals surface area contributed by atoms with Crippen molar-refractivity contribution in [3.05, 3.63) is 53.9 Å². The largest absolute Gasteiger partial charge is 0.497 e. The van der Waals surface area contributed by atoms with Crippen LogP contribution < -0.4 is 9.64 Å². The minimum absolute atomic E-state index is 0.0412. The molecule has 12 heteroatoms. The Balaban J connectivity index is 1.29. The number of anilines is 1. The van der Waals surface area contributed by atoms with Gasteiger partial charge in [0.25, 0.3) is 15.9 Å². The molecule has 0 fully saturated rings. The Morgan fingerprint density at radius 2 is 1.97 bits per heavy atom. The third-order valence-electron chi connectivity index (χ3n) is 5.12. The van der Waals surface area contributed by atoms with Gasteiger partial charge in [-0.15, -0.1) is 14.6 Å². The fourth-order valence-electron chi connectivity index (χ4n) is 3.39. The van der Waals surface area contributed by atoms with E-state index in [9.17, 15) is 13.2 Å². The first-order valence-electron chi connectivity index (χ1n) is 9.94. The molecule has 5 rings (SSSR count). The standard InChI is InChI=1S/C21H18N4O6S2/c1-12(18-22-23-19(31-18)13-3-6-15(29-2)7-4-13)30-20(26)14-5-8-16-17(11-14)32-21-24-33(27,28)10-9-25(16)21/h3-8,11-12H,9-10H2,1-2H3/t12-/m1/s1. The van der Waals surface area contributed by atoms with E-state index in [-0.39, 0.29) is 11.6 Å². The van der Waals surface area contributed by atoms with Crippen LogP contribution in [0.3, 0.4) is 0 Å². The highest BCUT2D eigenvalue weighted by atomic mass is 32.2. The first-order chi connectivity index (χ1) is 15.8. The summed E-state index contributed by atoms with van der Waals surface area (Å²) in [4.78, 5) is 15.3. The molecule has 0 saturated heterocycles. The summed E-state index contributed by atoms with van der Waals surface area (Å²) < 4.78 is 43.7. The molecule has 1 atom stereocenters. The number of carbonyl (C=O) groups is 1. The van der Waals surface area contributed by atoms with Gasteiger partial charge in [-0.1, -0.05) is 0 Å². The highest BCUT2D eigenvalue weighted by Gasteiger charge is 2.33. The third kappa shape index (κ3) is 4.18. The zero-order valence-electron chi connectivity index (χ0n) is 17.6. The first kappa shape index (κ1) is 21.5. The molecule has 170 valence electrons. The molecule has 10 nitrogen and oxygen atoms in total. The normalized spacial score (nSPS) is 17.0. The van der Waals surface area contributed by atoms with Crippen LogP contribution in [0.15, 0.2) is 56.2 Å². The molecule has 33 heavy (non-hydrogen) atoms. The van der Waals surface area contributed by atoms with Crippen LogP contribution in [-0.2, 0) is 14.8 Å². The average Bonchev–Trinajstić information content (AvgIpc) is 3.42. The fraction of sp³-hybridized carbons (Fsp3) is 0.238. The number of hydrogen-bond acceptors (Lipinski definition) is 10. The van der Waals surface area contributed by atoms with E-state index in [1.54, 1.807) is 56.5 Å². The molecule has 2 aromatic carbocycles. The molecule has 3 heterocycles. The van der Waals surface area contributed by atoms with Gasteiger partial charge in [0, 0.05) is 17.0 Å². The number of benzene rings is 2. The van der Waals surface area contributed by atoms with Gasteiger partial charge < -0.3 is 18.8 Å². The van der Waals surface area contributed by atoms with Gasteiger partial charge in [-0.2, -0.15) is 0 Å². The number of thioether (sulfide) groups is 1. The molecule has 2 aliphatic rings. The number of aromatic nitrogens is 2. The monoisotopic (exact) mass is 486 g/mol. The highest BCUT2D eigenvalue weighted by molar-refractivity contribution is 8.15. The van der Waals surface area contributed by atoms with Gasteiger partial charge in [-0.3, -0.25) is 0 Å². The van der Waals surface area contributed by atoms with Crippen LogP contribution >= 0.6 is 11.8 Å². The lowest BCUT2D eigenvalue weighted by atomic mass is 10.2. The number of methoxy groups -OCH3 is 1. The van der Waals surface area contributed by atoms with Crippen molar-refractivity contribution in [2.24, 2.45) is 4.40 Å². The summed E-state index contributed by atoms with van der Waals surface area (Å²) in [6, 6.07) is 12.2. The van der Waals surface area contributed by atoms with Gasteiger partial charge in [0.1, 0.15) is 5.75 Å². The minimum atomic E-state index is -3.45. The second-order valence-corrected chi connectivity index (χ2v) is 10.1. The fourth-order valence-corrected chi connectivity index (χ4v) is 5.68. The maximum Gasteiger partial charge on any atom is 0.338 e. The summed E-state index contributed by atoms with van der Waals surface area (Å²) in [7, 11) is -1.86. The second kappa shape index (κ2) is 8.19. The van der Waals surface area contributed by atoms with E-state index in [0.717, 1.165) is 10.6 Å².